The van der Waals surface area contributed by atoms with Crippen LogP contribution < -0.4 is 0 Å². The molecule has 0 saturated carbocycles. The lowest BCUT2D eigenvalue weighted by atomic mass is 9.88. The fraction of sp³-hybridized carbons (Fsp3) is 0.300. The number of likely N-dealkylation sites (tertiary alicyclic amines) is 1. The molecule has 27 heavy (non-hydrogen) atoms. The minimum atomic E-state index is -1.21. The molecule has 0 bridgehead atoms. The fourth-order valence-electron chi connectivity index (χ4n) is 3.12. The summed E-state index contributed by atoms with van der Waals surface area (Å²) in [7, 11) is 0. The van der Waals surface area contributed by atoms with Crippen molar-refractivity contribution in [3.05, 3.63) is 71.0 Å². The van der Waals surface area contributed by atoms with Crippen LogP contribution in [0.25, 0.3) is 0 Å². The van der Waals surface area contributed by atoms with E-state index in [0.717, 1.165) is 5.56 Å². The summed E-state index contributed by atoms with van der Waals surface area (Å²) in [6.45, 7) is 0.632. The van der Waals surface area contributed by atoms with Gasteiger partial charge in [-0.3, -0.25) is 4.79 Å². The summed E-state index contributed by atoms with van der Waals surface area (Å²) in [5, 5.41) is 0. The van der Waals surface area contributed by atoms with Gasteiger partial charge >= 0.3 is 6.09 Å². The number of nitrogens with zero attached hydrogens (tertiary/aromatic N) is 1. The van der Waals surface area contributed by atoms with Crippen LogP contribution in [0.4, 0.5) is 18.0 Å². The Balaban J connectivity index is 1.55. The Bertz CT molecular complexity index is 811. The van der Waals surface area contributed by atoms with Crippen molar-refractivity contribution >= 4 is 11.9 Å². The summed E-state index contributed by atoms with van der Waals surface area (Å²) in [5.74, 6) is -4.82. The van der Waals surface area contributed by atoms with Gasteiger partial charge in [0, 0.05) is 31.1 Å². The SMILES string of the molecule is O=C(c1c(F)cc(F)cc1F)C1CCN(C(=O)OCc2ccccc2)CC1. The lowest BCUT2D eigenvalue weighted by molar-refractivity contribution is 0.0707. The molecule has 7 heteroatoms. The van der Waals surface area contributed by atoms with E-state index < -0.39 is 40.8 Å². The Morgan fingerprint density at radius 3 is 2.19 bits per heavy atom. The van der Waals surface area contributed by atoms with Crippen molar-refractivity contribution in [1.29, 1.82) is 0 Å². The minimum absolute atomic E-state index is 0.143. The number of amides is 1. The van der Waals surface area contributed by atoms with Crippen LogP contribution in [0.1, 0.15) is 28.8 Å². The van der Waals surface area contributed by atoms with Gasteiger partial charge in [0.2, 0.25) is 0 Å². The van der Waals surface area contributed by atoms with E-state index in [2.05, 4.69) is 0 Å². The first kappa shape index (κ1) is 18.9. The van der Waals surface area contributed by atoms with E-state index in [1.807, 2.05) is 30.3 Å². The maximum Gasteiger partial charge on any atom is 0.410 e. The molecule has 3 rings (SSSR count). The highest BCUT2D eigenvalue weighted by Gasteiger charge is 2.31. The second kappa shape index (κ2) is 8.24. The first-order valence-electron chi connectivity index (χ1n) is 8.60. The van der Waals surface area contributed by atoms with Crippen LogP contribution in [0.2, 0.25) is 0 Å². The lowest BCUT2D eigenvalue weighted by Gasteiger charge is -2.30. The summed E-state index contributed by atoms with van der Waals surface area (Å²) >= 11 is 0. The van der Waals surface area contributed by atoms with Gasteiger partial charge in [-0.1, -0.05) is 30.3 Å². The van der Waals surface area contributed by atoms with Crippen molar-refractivity contribution in [3.63, 3.8) is 0 Å². The van der Waals surface area contributed by atoms with Crippen molar-refractivity contribution in [2.24, 2.45) is 5.92 Å². The van der Waals surface area contributed by atoms with Crippen molar-refractivity contribution in [2.75, 3.05) is 13.1 Å². The summed E-state index contributed by atoms with van der Waals surface area (Å²) in [5.41, 5.74) is 0.139. The van der Waals surface area contributed by atoms with Crippen LogP contribution >= 0.6 is 0 Å². The highest BCUT2D eigenvalue weighted by Crippen LogP contribution is 2.25. The zero-order chi connectivity index (χ0) is 19.4. The molecule has 0 N–H and O–H groups in total. The Kier molecular flexibility index (Phi) is 5.78. The van der Waals surface area contributed by atoms with E-state index in [1.54, 1.807) is 0 Å². The molecule has 1 aliphatic heterocycles. The van der Waals surface area contributed by atoms with Gasteiger partial charge in [-0.05, 0) is 18.4 Å². The molecule has 1 amide bonds. The van der Waals surface area contributed by atoms with Crippen molar-refractivity contribution in [1.82, 2.24) is 4.90 Å². The molecule has 1 fully saturated rings. The highest BCUT2D eigenvalue weighted by molar-refractivity contribution is 5.98. The van der Waals surface area contributed by atoms with Gasteiger partial charge < -0.3 is 9.64 Å². The van der Waals surface area contributed by atoms with Crippen molar-refractivity contribution in [3.8, 4) is 0 Å². The zero-order valence-electron chi connectivity index (χ0n) is 14.5. The normalized spacial score (nSPS) is 14.9. The number of piperidine rings is 1. The van der Waals surface area contributed by atoms with Gasteiger partial charge in [-0.15, -0.1) is 0 Å². The number of ether oxygens (including phenoxy) is 1. The smallest absolute Gasteiger partial charge is 0.410 e. The number of halogens is 3. The first-order chi connectivity index (χ1) is 13.0. The lowest BCUT2D eigenvalue weighted by Crippen LogP contribution is -2.40. The van der Waals surface area contributed by atoms with Gasteiger partial charge in [0.05, 0.1) is 5.56 Å². The number of hydrogen-bond acceptors (Lipinski definition) is 3. The number of benzene rings is 2. The van der Waals surface area contributed by atoms with Crippen LogP contribution in [0.15, 0.2) is 42.5 Å². The number of carbonyl (C=O) groups excluding carboxylic acids is 2. The molecule has 1 saturated heterocycles. The topological polar surface area (TPSA) is 46.6 Å². The second-order valence-electron chi connectivity index (χ2n) is 6.41. The number of carbonyl (C=O) groups is 2. The summed E-state index contributed by atoms with van der Waals surface area (Å²) in [4.78, 5) is 26.0. The first-order valence-corrected chi connectivity index (χ1v) is 8.60. The molecule has 4 nitrogen and oxygen atoms in total. The average Bonchev–Trinajstić information content (AvgIpc) is 2.66. The van der Waals surface area contributed by atoms with E-state index in [1.165, 1.54) is 4.90 Å². The van der Waals surface area contributed by atoms with E-state index in [9.17, 15) is 22.8 Å². The van der Waals surface area contributed by atoms with Gasteiger partial charge in [0.25, 0.3) is 0 Å². The maximum atomic E-state index is 13.8. The molecule has 0 radical (unpaired) electrons. The van der Waals surface area contributed by atoms with Crippen LogP contribution in [-0.2, 0) is 11.3 Å². The molecular formula is C20H18F3NO3. The maximum absolute atomic E-state index is 13.8. The van der Waals surface area contributed by atoms with Crippen LogP contribution in [0, 0.1) is 23.4 Å². The molecule has 1 heterocycles. The van der Waals surface area contributed by atoms with Gasteiger partial charge in [0.15, 0.2) is 5.78 Å². The number of ketones is 1. The third-order valence-corrected chi connectivity index (χ3v) is 4.58. The Hall–Kier alpha value is -2.83. The Morgan fingerprint density at radius 2 is 1.59 bits per heavy atom. The van der Waals surface area contributed by atoms with Crippen LogP contribution in [0.3, 0.4) is 0 Å². The number of rotatable bonds is 4. The Morgan fingerprint density at radius 1 is 1.00 bits per heavy atom. The average molecular weight is 377 g/mol. The molecular weight excluding hydrogens is 359 g/mol. The molecule has 0 unspecified atom stereocenters. The molecule has 2 aromatic rings. The van der Waals surface area contributed by atoms with Crippen LogP contribution in [0.5, 0.6) is 0 Å². The second-order valence-corrected chi connectivity index (χ2v) is 6.41. The Labute approximate surface area is 154 Å². The quantitative estimate of drug-likeness (QED) is 0.745. The molecule has 1 aliphatic rings. The van der Waals surface area contributed by atoms with Gasteiger partial charge in [-0.25, -0.2) is 18.0 Å². The van der Waals surface area contributed by atoms with E-state index in [4.69, 9.17) is 4.74 Å². The zero-order valence-corrected chi connectivity index (χ0v) is 14.5. The summed E-state index contributed by atoms with van der Waals surface area (Å²) < 4.78 is 45.8. The molecule has 0 spiro atoms. The standard InChI is InChI=1S/C20H18F3NO3/c21-15-10-16(22)18(17(23)11-15)19(25)14-6-8-24(9-7-14)20(26)27-12-13-4-2-1-3-5-13/h1-5,10-11,14H,6-9,12H2. The molecule has 0 aromatic heterocycles. The molecule has 142 valence electrons. The minimum Gasteiger partial charge on any atom is -0.445 e. The largest absolute Gasteiger partial charge is 0.445 e. The third kappa shape index (κ3) is 4.48. The molecule has 0 atom stereocenters. The van der Waals surface area contributed by atoms with E-state index >= 15 is 0 Å². The molecule has 0 aliphatic carbocycles. The predicted molar refractivity (Wildman–Crippen MR) is 91.6 cm³/mol. The summed E-state index contributed by atoms with van der Waals surface area (Å²) in [6.07, 6.45) is 0.0225. The van der Waals surface area contributed by atoms with Crippen LogP contribution in [-0.4, -0.2) is 29.9 Å². The van der Waals surface area contributed by atoms with Gasteiger partial charge in [-0.2, -0.15) is 0 Å². The van der Waals surface area contributed by atoms with Gasteiger partial charge in [0.1, 0.15) is 24.1 Å². The number of Topliss-reactive ketones (excluding diaryl/α,β-unsaturated/α-hetero) is 1. The van der Waals surface area contributed by atoms with Crippen molar-refractivity contribution in [2.45, 2.75) is 19.4 Å². The predicted octanol–water partition coefficient (Wildman–Crippen LogP) is 4.34. The molecule has 2 aromatic carbocycles. The van der Waals surface area contributed by atoms with Crippen molar-refractivity contribution < 1.29 is 27.5 Å². The van der Waals surface area contributed by atoms with E-state index in [-0.39, 0.29) is 32.5 Å². The summed E-state index contributed by atoms with van der Waals surface area (Å²) in [6, 6.07) is 10.2. The fourth-order valence-corrected chi connectivity index (χ4v) is 3.12. The van der Waals surface area contributed by atoms with E-state index in [0.29, 0.717) is 12.1 Å². The third-order valence-electron chi connectivity index (χ3n) is 4.58. The number of hydrogen-bond donors (Lipinski definition) is 0. The monoisotopic (exact) mass is 377 g/mol. The highest BCUT2D eigenvalue weighted by atomic mass is 19.1.